The number of nitrogens with one attached hydrogen (secondary N) is 2. The number of carbonyl (C=O) groups is 1. The quantitative estimate of drug-likeness (QED) is 0.493. The molecule has 0 aliphatic carbocycles. The second-order valence-electron chi connectivity index (χ2n) is 6.57. The number of fused-ring (bicyclic) bond motifs is 1. The minimum absolute atomic E-state index is 0.000154. The SMILES string of the molecule is Cc1ccnc(NS(=O)(=O)c2ccc(NC(=O)Cc3cn4ccccc4n3)cc2)n1. The number of amides is 1. The molecule has 3 aromatic heterocycles. The second-order valence-corrected chi connectivity index (χ2v) is 8.26. The molecular formula is C20H18N6O3S. The van der Waals surface area contributed by atoms with Gasteiger partial charge < -0.3 is 9.72 Å². The lowest BCUT2D eigenvalue weighted by molar-refractivity contribution is -0.115. The highest BCUT2D eigenvalue weighted by Gasteiger charge is 2.16. The van der Waals surface area contributed by atoms with Crippen LogP contribution in [0.25, 0.3) is 5.65 Å². The van der Waals surface area contributed by atoms with Gasteiger partial charge in [-0.3, -0.25) is 4.79 Å². The molecule has 10 heteroatoms. The summed E-state index contributed by atoms with van der Waals surface area (Å²) in [6.45, 7) is 1.74. The van der Waals surface area contributed by atoms with Crippen molar-refractivity contribution in [2.75, 3.05) is 10.0 Å². The van der Waals surface area contributed by atoms with Gasteiger partial charge >= 0.3 is 0 Å². The summed E-state index contributed by atoms with van der Waals surface area (Å²) < 4.78 is 29.1. The van der Waals surface area contributed by atoms with Crippen molar-refractivity contribution in [1.82, 2.24) is 19.4 Å². The van der Waals surface area contributed by atoms with E-state index in [4.69, 9.17) is 0 Å². The molecule has 2 N–H and O–H groups in total. The summed E-state index contributed by atoms with van der Waals surface area (Å²) in [6, 6.07) is 13.1. The third kappa shape index (κ3) is 4.44. The fraction of sp³-hybridized carbons (Fsp3) is 0.100. The van der Waals surface area contributed by atoms with Crippen molar-refractivity contribution in [3.8, 4) is 0 Å². The van der Waals surface area contributed by atoms with E-state index in [0.29, 0.717) is 17.1 Å². The molecule has 0 aliphatic heterocycles. The minimum atomic E-state index is -3.84. The van der Waals surface area contributed by atoms with Crippen LogP contribution in [0.4, 0.5) is 11.6 Å². The van der Waals surface area contributed by atoms with E-state index in [1.165, 1.54) is 30.5 Å². The Morgan fingerprint density at radius 3 is 2.60 bits per heavy atom. The van der Waals surface area contributed by atoms with Crippen molar-refractivity contribution < 1.29 is 13.2 Å². The van der Waals surface area contributed by atoms with Crippen LogP contribution in [0.15, 0.2) is 72.0 Å². The number of hydrogen-bond donors (Lipinski definition) is 2. The molecule has 152 valence electrons. The van der Waals surface area contributed by atoms with Crippen molar-refractivity contribution in [2.45, 2.75) is 18.2 Å². The Hall–Kier alpha value is -3.79. The molecule has 0 saturated heterocycles. The van der Waals surface area contributed by atoms with E-state index < -0.39 is 10.0 Å². The predicted molar refractivity (Wildman–Crippen MR) is 112 cm³/mol. The van der Waals surface area contributed by atoms with Crippen LogP contribution in [0, 0.1) is 6.92 Å². The highest BCUT2D eigenvalue weighted by Crippen LogP contribution is 2.17. The summed E-state index contributed by atoms with van der Waals surface area (Å²) in [7, 11) is -3.84. The molecule has 1 amide bonds. The fourth-order valence-electron chi connectivity index (χ4n) is 2.84. The van der Waals surface area contributed by atoms with Gasteiger partial charge in [-0.2, -0.15) is 0 Å². The van der Waals surface area contributed by atoms with E-state index in [9.17, 15) is 13.2 Å². The lowest BCUT2D eigenvalue weighted by Crippen LogP contribution is -2.16. The molecule has 0 fully saturated rings. The first-order valence-electron chi connectivity index (χ1n) is 9.04. The molecule has 30 heavy (non-hydrogen) atoms. The van der Waals surface area contributed by atoms with Gasteiger partial charge in [-0.15, -0.1) is 0 Å². The van der Waals surface area contributed by atoms with Crippen LogP contribution in [0.3, 0.4) is 0 Å². The van der Waals surface area contributed by atoms with Crippen molar-refractivity contribution in [2.24, 2.45) is 0 Å². The van der Waals surface area contributed by atoms with Gasteiger partial charge in [0.05, 0.1) is 17.0 Å². The van der Waals surface area contributed by atoms with Crippen LogP contribution in [0.5, 0.6) is 0 Å². The number of carbonyl (C=O) groups excluding carboxylic acids is 1. The lowest BCUT2D eigenvalue weighted by atomic mass is 10.3. The van der Waals surface area contributed by atoms with Crippen LogP contribution in [0.1, 0.15) is 11.4 Å². The number of hydrogen-bond acceptors (Lipinski definition) is 6. The molecule has 3 heterocycles. The monoisotopic (exact) mass is 422 g/mol. The highest BCUT2D eigenvalue weighted by atomic mass is 32.2. The number of aryl methyl sites for hydroxylation is 1. The number of rotatable bonds is 6. The summed E-state index contributed by atoms with van der Waals surface area (Å²) in [5, 5.41) is 2.74. The maximum absolute atomic E-state index is 12.5. The number of aromatic nitrogens is 4. The lowest BCUT2D eigenvalue weighted by Gasteiger charge is -2.08. The van der Waals surface area contributed by atoms with Crippen LogP contribution in [-0.2, 0) is 21.2 Å². The molecule has 4 aromatic rings. The Morgan fingerprint density at radius 1 is 1.07 bits per heavy atom. The molecule has 0 saturated carbocycles. The summed E-state index contributed by atoms with van der Waals surface area (Å²) in [5.74, 6) is -0.250. The smallest absolute Gasteiger partial charge is 0.264 e. The van der Waals surface area contributed by atoms with Gasteiger partial charge in [-0.25, -0.2) is 28.1 Å². The highest BCUT2D eigenvalue weighted by molar-refractivity contribution is 7.92. The largest absolute Gasteiger partial charge is 0.326 e. The van der Waals surface area contributed by atoms with Crippen LogP contribution >= 0.6 is 0 Å². The summed E-state index contributed by atoms with van der Waals surface area (Å²) >= 11 is 0. The van der Waals surface area contributed by atoms with E-state index in [2.05, 4.69) is 25.0 Å². The first-order valence-corrected chi connectivity index (χ1v) is 10.5. The van der Waals surface area contributed by atoms with E-state index in [-0.39, 0.29) is 23.2 Å². The molecule has 0 radical (unpaired) electrons. The first-order chi connectivity index (χ1) is 14.4. The molecule has 0 spiro atoms. The van der Waals surface area contributed by atoms with Gasteiger partial charge in [0, 0.05) is 30.0 Å². The number of anilines is 2. The number of pyridine rings is 1. The van der Waals surface area contributed by atoms with E-state index in [0.717, 1.165) is 5.65 Å². The maximum Gasteiger partial charge on any atom is 0.264 e. The van der Waals surface area contributed by atoms with Crippen molar-refractivity contribution in [1.29, 1.82) is 0 Å². The van der Waals surface area contributed by atoms with Crippen LogP contribution < -0.4 is 10.0 Å². The molecule has 4 rings (SSSR count). The van der Waals surface area contributed by atoms with Crippen molar-refractivity contribution in [3.63, 3.8) is 0 Å². The molecule has 0 aliphatic rings. The third-order valence-corrected chi connectivity index (χ3v) is 5.57. The Balaban J connectivity index is 1.41. The Morgan fingerprint density at radius 2 is 1.87 bits per heavy atom. The van der Waals surface area contributed by atoms with Crippen molar-refractivity contribution >= 4 is 33.2 Å². The zero-order valence-corrected chi connectivity index (χ0v) is 16.8. The van der Waals surface area contributed by atoms with E-state index in [1.807, 2.05) is 28.8 Å². The zero-order valence-electron chi connectivity index (χ0n) is 16.0. The topological polar surface area (TPSA) is 118 Å². The molecule has 0 bridgehead atoms. The average Bonchev–Trinajstić information content (AvgIpc) is 3.10. The second kappa shape index (κ2) is 7.91. The van der Waals surface area contributed by atoms with Crippen LogP contribution in [-0.4, -0.2) is 33.7 Å². The standard InChI is InChI=1S/C20H18N6O3S/c1-14-9-10-21-20(22-14)25-30(28,29)17-7-5-15(6-8-17)24-19(27)12-16-13-26-11-3-2-4-18(26)23-16/h2-11,13H,12H2,1H3,(H,24,27)(H,21,22,25). The van der Waals surface area contributed by atoms with E-state index >= 15 is 0 Å². The number of sulfonamides is 1. The molecule has 0 unspecified atom stereocenters. The fourth-order valence-corrected chi connectivity index (χ4v) is 3.79. The summed E-state index contributed by atoms with van der Waals surface area (Å²) in [5.41, 5.74) is 2.53. The predicted octanol–water partition coefficient (Wildman–Crippen LogP) is 2.41. The molecule has 1 aromatic carbocycles. The van der Waals surface area contributed by atoms with Gasteiger partial charge in [-0.1, -0.05) is 6.07 Å². The molecular weight excluding hydrogens is 404 g/mol. The summed E-state index contributed by atoms with van der Waals surface area (Å²) in [6.07, 6.45) is 5.23. The summed E-state index contributed by atoms with van der Waals surface area (Å²) in [4.78, 5) is 24.7. The first kappa shape index (κ1) is 19.5. The molecule has 9 nitrogen and oxygen atoms in total. The van der Waals surface area contributed by atoms with Gasteiger partial charge in [-0.05, 0) is 49.4 Å². The normalized spacial score (nSPS) is 11.4. The van der Waals surface area contributed by atoms with Gasteiger partial charge in [0.15, 0.2) is 0 Å². The van der Waals surface area contributed by atoms with Crippen LogP contribution in [0.2, 0.25) is 0 Å². The zero-order chi connectivity index (χ0) is 21.1. The van der Waals surface area contributed by atoms with Gasteiger partial charge in [0.25, 0.3) is 10.0 Å². The molecule has 0 atom stereocenters. The van der Waals surface area contributed by atoms with Crippen molar-refractivity contribution in [3.05, 3.63) is 78.5 Å². The Kier molecular flexibility index (Phi) is 5.15. The maximum atomic E-state index is 12.5. The minimum Gasteiger partial charge on any atom is -0.326 e. The Bertz CT molecular complexity index is 1280. The third-order valence-electron chi connectivity index (χ3n) is 4.22. The number of benzene rings is 1. The van der Waals surface area contributed by atoms with Gasteiger partial charge in [0.2, 0.25) is 11.9 Å². The number of imidazole rings is 1. The Labute approximate surface area is 172 Å². The van der Waals surface area contributed by atoms with E-state index in [1.54, 1.807) is 19.2 Å². The van der Waals surface area contributed by atoms with Gasteiger partial charge in [0.1, 0.15) is 5.65 Å². The number of nitrogens with zero attached hydrogens (tertiary/aromatic N) is 4. The average molecular weight is 422 g/mol.